The first kappa shape index (κ1) is 18.0. The minimum Gasteiger partial charge on any atom is -0.397 e. The van der Waals surface area contributed by atoms with Gasteiger partial charge in [0.1, 0.15) is 9.71 Å². The van der Waals surface area contributed by atoms with Crippen LogP contribution in [0.5, 0.6) is 0 Å². The van der Waals surface area contributed by atoms with E-state index in [2.05, 4.69) is 15.6 Å². The van der Waals surface area contributed by atoms with E-state index in [1.54, 1.807) is 6.20 Å². The van der Waals surface area contributed by atoms with Crippen LogP contribution in [-0.4, -0.2) is 16.2 Å². The number of pyridine rings is 1. The highest BCUT2D eigenvalue weighted by atomic mass is 32.1. The summed E-state index contributed by atoms with van der Waals surface area (Å²) in [5.41, 5.74) is 9.29. The van der Waals surface area contributed by atoms with Gasteiger partial charge in [-0.05, 0) is 16.8 Å². The van der Waals surface area contributed by atoms with E-state index >= 15 is 0 Å². The monoisotopic (exact) mass is 414 g/mol. The van der Waals surface area contributed by atoms with Crippen molar-refractivity contribution in [1.29, 1.82) is 0 Å². The number of para-hydroxylation sites is 1. The lowest BCUT2D eigenvalue weighted by atomic mass is 10.1. The Kier molecular flexibility index (Phi) is 4.45. The van der Waals surface area contributed by atoms with Crippen LogP contribution in [0.25, 0.3) is 27.2 Å². The van der Waals surface area contributed by atoms with Crippen LogP contribution < -0.4 is 15.7 Å². The Bertz CT molecular complexity index is 1350. The lowest BCUT2D eigenvalue weighted by Gasteiger charge is -2.00. The smallest absolute Gasteiger partial charge is 0.303 e. The molecule has 0 unspecified atom stereocenters. The highest BCUT2D eigenvalue weighted by Gasteiger charge is 2.21. The molecule has 0 saturated carbocycles. The van der Waals surface area contributed by atoms with Crippen molar-refractivity contribution in [3.8, 4) is 16.9 Å². The Balaban J connectivity index is 1.42. The maximum atomic E-state index is 12.8. The van der Waals surface area contributed by atoms with Crippen LogP contribution >= 0.6 is 11.3 Å². The molecule has 1 amide bonds. The van der Waals surface area contributed by atoms with Crippen LogP contribution in [0.1, 0.15) is 9.67 Å². The summed E-state index contributed by atoms with van der Waals surface area (Å²) < 4.78 is 6.77. The number of carbonyl (C=O) groups is 1. The first-order valence-electron chi connectivity index (χ1n) is 9.19. The molecule has 0 bridgehead atoms. The molecule has 3 aromatic heterocycles. The van der Waals surface area contributed by atoms with Crippen molar-refractivity contribution in [3.63, 3.8) is 0 Å². The summed E-state index contributed by atoms with van der Waals surface area (Å²) in [6, 6.07) is 23.1. The van der Waals surface area contributed by atoms with E-state index in [1.807, 2.05) is 72.8 Å². The van der Waals surface area contributed by atoms with Crippen molar-refractivity contribution < 1.29 is 14.0 Å². The number of anilines is 2. The van der Waals surface area contributed by atoms with Gasteiger partial charge in [-0.1, -0.05) is 48.5 Å². The van der Waals surface area contributed by atoms with Crippen molar-refractivity contribution in [3.05, 3.63) is 83.9 Å². The molecule has 3 N–H and O–H groups in total. The SMILES string of the molecule is Nc1c(C(=O)Nc2c[n+](-c3ccccc3)no2)sc2nc(-c3ccccc3)ccc12. The van der Waals surface area contributed by atoms with Crippen LogP contribution in [0.3, 0.4) is 0 Å². The van der Waals surface area contributed by atoms with Gasteiger partial charge in [0.05, 0.1) is 11.4 Å². The van der Waals surface area contributed by atoms with E-state index in [-0.39, 0.29) is 11.8 Å². The largest absolute Gasteiger partial charge is 0.397 e. The average molecular weight is 414 g/mol. The number of rotatable bonds is 4. The second-order valence-electron chi connectivity index (χ2n) is 6.56. The van der Waals surface area contributed by atoms with Crippen LogP contribution in [0.15, 0.2) is 83.5 Å². The molecule has 0 saturated heterocycles. The Morgan fingerprint density at radius 2 is 1.73 bits per heavy atom. The molecule has 0 radical (unpaired) electrons. The van der Waals surface area contributed by atoms with Gasteiger partial charge in [0.25, 0.3) is 12.1 Å². The van der Waals surface area contributed by atoms with Gasteiger partial charge in [0, 0.05) is 23.1 Å². The zero-order valence-electron chi connectivity index (χ0n) is 15.6. The van der Waals surface area contributed by atoms with E-state index in [9.17, 15) is 4.79 Å². The molecule has 2 aromatic carbocycles. The number of benzene rings is 2. The summed E-state index contributed by atoms with van der Waals surface area (Å²) in [5, 5.41) is 7.39. The lowest BCUT2D eigenvalue weighted by Crippen LogP contribution is -2.31. The number of nitrogen functional groups attached to an aromatic ring is 1. The molecule has 30 heavy (non-hydrogen) atoms. The Labute approximate surface area is 175 Å². The van der Waals surface area contributed by atoms with E-state index in [1.165, 1.54) is 16.0 Å². The maximum Gasteiger partial charge on any atom is 0.303 e. The van der Waals surface area contributed by atoms with Gasteiger partial charge < -0.3 is 5.73 Å². The molecule has 0 aliphatic heterocycles. The molecular formula is C22H16N5O2S+. The summed E-state index contributed by atoms with van der Waals surface area (Å²) in [5.74, 6) is -0.147. The van der Waals surface area contributed by atoms with Crippen LogP contribution in [-0.2, 0) is 0 Å². The highest BCUT2D eigenvalue weighted by molar-refractivity contribution is 7.21. The fraction of sp³-hybridized carbons (Fsp3) is 0. The number of hydrogen-bond acceptors (Lipinski definition) is 6. The zero-order valence-corrected chi connectivity index (χ0v) is 16.5. The average Bonchev–Trinajstić information content (AvgIpc) is 3.39. The number of nitrogens with one attached hydrogen (secondary N) is 1. The first-order chi connectivity index (χ1) is 14.7. The maximum absolute atomic E-state index is 12.8. The Morgan fingerprint density at radius 1 is 1.00 bits per heavy atom. The quantitative estimate of drug-likeness (QED) is 0.432. The minimum absolute atomic E-state index is 0.221. The molecule has 0 spiro atoms. The third kappa shape index (κ3) is 3.29. The second-order valence-corrected chi connectivity index (χ2v) is 7.56. The van der Waals surface area contributed by atoms with Gasteiger partial charge in [-0.3, -0.25) is 14.6 Å². The van der Waals surface area contributed by atoms with E-state index in [0.29, 0.717) is 15.4 Å². The fourth-order valence-electron chi connectivity index (χ4n) is 3.11. The Morgan fingerprint density at radius 3 is 2.50 bits per heavy atom. The number of nitrogens with two attached hydrogens (primary N) is 1. The zero-order chi connectivity index (χ0) is 20.5. The summed E-state index contributed by atoms with van der Waals surface area (Å²) >= 11 is 1.25. The number of nitrogens with zero attached hydrogens (tertiary/aromatic N) is 3. The molecular weight excluding hydrogens is 398 g/mol. The first-order valence-corrected chi connectivity index (χ1v) is 10.0. The molecule has 7 nitrogen and oxygen atoms in total. The number of carbonyl (C=O) groups excluding carboxylic acids is 1. The molecule has 3 heterocycles. The van der Waals surface area contributed by atoms with E-state index in [0.717, 1.165) is 22.3 Å². The van der Waals surface area contributed by atoms with Gasteiger partial charge in [0.15, 0.2) is 0 Å². The Hall–Kier alpha value is -4.04. The molecule has 0 fully saturated rings. The molecule has 0 aliphatic rings. The fourth-order valence-corrected chi connectivity index (χ4v) is 4.10. The topological polar surface area (TPSA) is 97.9 Å². The number of aromatic nitrogens is 3. The highest BCUT2D eigenvalue weighted by Crippen LogP contribution is 2.34. The normalized spacial score (nSPS) is 10.9. The van der Waals surface area contributed by atoms with Crippen LogP contribution in [0, 0.1) is 0 Å². The minimum atomic E-state index is -0.367. The van der Waals surface area contributed by atoms with Gasteiger partial charge in [-0.2, -0.15) is 0 Å². The molecule has 0 atom stereocenters. The second kappa shape index (κ2) is 7.41. The molecule has 5 rings (SSSR count). The van der Waals surface area contributed by atoms with Gasteiger partial charge >= 0.3 is 5.88 Å². The van der Waals surface area contributed by atoms with Crippen LogP contribution in [0.2, 0.25) is 0 Å². The number of hydrogen-bond donors (Lipinski definition) is 2. The van der Waals surface area contributed by atoms with Crippen molar-refractivity contribution in [1.82, 2.24) is 10.3 Å². The van der Waals surface area contributed by atoms with Crippen LogP contribution in [0.4, 0.5) is 11.6 Å². The third-order valence-corrected chi connectivity index (χ3v) is 5.71. The van der Waals surface area contributed by atoms with Gasteiger partial charge in [-0.15, -0.1) is 11.3 Å². The van der Waals surface area contributed by atoms with Crippen molar-refractivity contribution in [2.24, 2.45) is 0 Å². The third-order valence-electron chi connectivity index (χ3n) is 4.59. The molecule has 8 heteroatoms. The number of amides is 1. The summed E-state index contributed by atoms with van der Waals surface area (Å²) in [4.78, 5) is 18.6. The molecule has 146 valence electrons. The molecule has 5 aromatic rings. The van der Waals surface area contributed by atoms with Crippen molar-refractivity contribution in [2.75, 3.05) is 11.1 Å². The van der Waals surface area contributed by atoms with E-state index < -0.39 is 0 Å². The molecule has 0 aliphatic carbocycles. The number of thiophene rings is 1. The summed E-state index contributed by atoms with van der Waals surface area (Å²) in [7, 11) is 0. The summed E-state index contributed by atoms with van der Waals surface area (Å²) in [6.45, 7) is 0. The van der Waals surface area contributed by atoms with Crippen molar-refractivity contribution in [2.45, 2.75) is 0 Å². The van der Waals surface area contributed by atoms with Gasteiger partial charge in [-0.25, -0.2) is 4.98 Å². The number of fused-ring (bicyclic) bond motifs is 1. The standard InChI is InChI=1S/C22H15N5O2S/c23-19-16-11-12-17(14-7-3-1-4-8-14)24-22(16)30-20(19)21(28)25-18-13-27(26-29-18)15-9-5-2-6-10-15/h1-13H,(H2-,23,25,26,28)/p+1. The predicted molar refractivity (Wildman–Crippen MR) is 115 cm³/mol. The summed E-state index contributed by atoms with van der Waals surface area (Å²) in [6.07, 6.45) is 1.60. The predicted octanol–water partition coefficient (Wildman–Crippen LogP) is 4.06. The van der Waals surface area contributed by atoms with E-state index in [4.69, 9.17) is 10.3 Å². The van der Waals surface area contributed by atoms with Crippen molar-refractivity contribution >= 4 is 39.0 Å². The van der Waals surface area contributed by atoms with Gasteiger partial charge in [0.2, 0.25) is 11.0 Å². The lowest BCUT2D eigenvalue weighted by molar-refractivity contribution is -0.670.